The first-order valence-corrected chi connectivity index (χ1v) is 11.4. The molecule has 5 nitrogen and oxygen atoms in total. The summed E-state index contributed by atoms with van der Waals surface area (Å²) in [5, 5.41) is 4.62. The Kier molecular flexibility index (Phi) is 6.54. The summed E-state index contributed by atoms with van der Waals surface area (Å²) in [5.41, 5.74) is 5.84. The number of ether oxygens (including phenoxy) is 1. The van der Waals surface area contributed by atoms with Crippen LogP contribution in [0.2, 0.25) is 0 Å². The Morgan fingerprint density at radius 1 is 1.19 bits per heavy atom. The third-order valence-electron chi connectivity index (χ3n) is 6.10. The van der Waals surface area contributed by atoms with E-state index in [9.17, 15) is 4.79 Å². The van der Waals surface area contributed by atoms with Gasteiger partial charge in [-0.05, 0) is 75.8 Å². The van der Waals surface area contributed by atoms with Crippen LogP contribution >= 0.6 is 0 Å². The number of anilines is 1. The molecule has 1 aliphatic rings. The van der Waals surface area contributed by atoms with Crippen molar-refractivity contribution in [3.8, 4) is 0 Å². The minimum absolute atomic E-state index is 0.0301. The number of hydrogen-bond donors (Lipinski definition) is 1. The van der Waals surface area contributed by atoms with E-state index >= 15 is 0 Å². The molecular weight excluding hydrogens is 398 g/mol. The molecule has 0 radical (unpaired) electrons. The maximum atomic E-state index is 12.1. The lowest BCUT2D eigenvalue weighted by atomic mass is 9.86. The van der Waals surface area contributed by atoms with Gasteiger partial charge < -0.3 is 10.1 Å². The first kappa shape index (κ1) is 22.0. The van der Waals surface area contributed by atoms with E-state index in [4.69, 9.17) is 9.72 Å². The number of aryl methyl sites for hydroxylation is 2. The Labute approximate surface area is 189 Å². The number of carbonyl (C=O) groups excluding carboxylic acids is 1. The lowest BCUT2D eigenvalue weighted by Gasteiger charge is -2.21. The van der Waals surface area contributed by atoms with Crippen LogP contribution < -0.4 is 5.32 Å². The van der Waals surface area contributed by atoms with E-state index < -0.39 is 0 Å². The van der Waals surface area contributed by atoms with Crippen LogP contribution in [0.25, 0.3) is 16.5 Å². The highest BCUT2D eigenvalue weighted by molar-refractivity contribution is 5.92. The molecule has 1 heterocycles. The summed E-state index contributed by atoms with van der Waals surface area (Å²) in [7, 11) is 0. The molecule has 166 valence electrons. The molecule has 32 heavy (non-hydrogen) atoms. The van der Waals surface area contributed by atoms with Crippen LogP contribution in [0.1, 0.15) is 61.7 Å². The summed E-state index contributed by atoms with van der Waals surface area (Å²) in [6.07, 6.45) is 4.60. The molecule has 0 aliphatic heterocycles. The summed E-state index contributed by atoms with van der Waals surface area (Å²) in [6.45, 7) is 8.48. The first-order valence-electron chi connectivity index (χ1n) is 11.4. The van der Waals surface area contributed by atoms with Crippen molar-refractivity contribution in [3.05, 3.63) is 71.1 Å². The predicted octanol–water partition coefficient (Wildman–Crippen LogP) is 6.17. The Morgan fingerprint density at radius 3 is 2.75 bits per heavy atom. The third kappa shape index (κ3) is 4.82. The van der Waals surface area contributed by atoms with Crippen LogP contribution in [0, 0.1) is 19.8 Å². The fourth-order valence-corrected chi connectivity index (χ4v) is 4.35. The van der Waals surface area contributed by atoms with Crippen molar-refractivity contribution in [2.24, 2.45) is 5.92 Å². The van der Waals surface area contributed by atoms with Gasteiger partial charge in [0.05, 0.1) is 18.0 Å². The van der Waals surface area contributed by atoms with E-state index in [0.29, 0.717) is 6.61 Å². The molecule has 4 rings (SSSR count). The zero-order valence-electron chi connectivity index (χ0n) is 19.3. The first-order chi connectivity index (χ1) is 15.4. The van der Waals surface area contributed by atoms with Crippen molar-refractivity contribution in [3.63, 3.8) is 0 Å². The Hall–Kier alpha value is -3.21. The van der Waals surface area contributed by atoms with E-state index in [-0.39, 0.29) is 17.9 Å². The molecule has 0 bridgehead atoms. The van der Waals surface area contributed by atoms with Gasteiger partial charge in [-0.15, -0.1) is 0 Å². The van der Waals surface area contributed by atoms with E-state index in [1.165, 1.54) is 22.3 Å². The maximum Gasteiger partial charge on any atom is 0.309 e. The van der Waals surface area contributed by atoms with Crippen LogP contribution in [0.15, 0.2) is 48.5 Å². The van der Waals surface area contributed by atoms with Crippen LogP contribution in [0.5, 0.6) is 0 Å². The van der Waals surface area contributed by atoms with Crippen molar-refractivity contribution in [1.29, 1.82) is 0 Å². The Bertz CT molecular complexity index is 1170. The molecule has 2 aromatic carbocycles. The average Bonchev–Trinajstić information content (AvgIpc) is 2.79. The SMILES string of the molecule is CCOC(=O)C1CC=C(c2ccc3nc(C)nc(N[C@H](C)c4cccc(C)c4)c3c2)CC1. The van der Waals surface area contributed by atoms with E-state index in [1.807, 2.05) is 13.8 Å². The van der Waals surface area contributed by atoms with Crippen molar-refractivity contribution in [1.82, 2.24) is 9.97 Å². The molecule has 1 unspecified atom stereocenters. The van der Waals surface area contributed by atoms with Gasteiger partial charge in [0.1, 0.15) is 11.6 Å². The molecule has 0 fully saturated rings. The molecule has 0 saturated heterocycles. The van der Waals surface area contributed by atoms with Crippen molar-refractivity contribution < 1.29 is 9.53 Å². The molecule has 1 aromatic heterocycles. The number of aromatic nitrogens is 2. The third-order valence-corrected chi connectivity index (χ3v) is 6.10. The normalized spacial score (nSPS) is 17.0. The Morgan fingerprint density at radius 2 is 2.03 bits per heavy atom. The maximum absolute atomic E-state index is 12.1. The molecule has 0 amide bonds. The van der Waals surface area contributed by atoms with Gasteiger partial charge in [0.15, 0.2) is 0 Å². The second kappa shape index (κ2) is 9.51. The van der Waals surface area contributed by atoms with Crippen molar-refractivity contribution >= 4 is 28.3 Å². The van der Waals surface area contributed by atoms with Gasteiger partial charge in [0, 0.05) is 11.4 Å². The highest BCUT2D eigenvalue weighted by Gasteiger charge is 2.23. The fraction of sp³-hybridized carbons (Fsp3) is 0.370. The number of allylic oxidation sites excluding steroid dienone is 2. The zero-order chi connectivity index (χ0) is 22.7. The molecule has 0 saturated carbocycles. The number of fused-ring (bicyclic) bond motifs is 1. The predicted molar refractivity (Wildman–Crippen MR) is 129 cm³/mol. The van der Waals surface area contributed by atoms with Crippen molar-refractivity contribution in [2.75, 3.05) is 11.9 Å². The topological polar surface area (TPSA) is 64.1 Å². The lowest BCUT2D eigenvalue weighted by molar-refractivity contribution is -0.148. The summed E-state index contributed by atoms with van der Waals surface area (Å²) in [4.78, 5) is 21.4. The number of hydrogen-bond acceptors (Lipinski definition) is 5. The molecule has 1 aliphatic carbocycles. The van der Waals surface area contributed by atoms with E-state index in [2.05, 4.69) is 72.7 Å². The summed E-state index contributed by atoms with van der Waals surface area (Å²) in [5.74, 6) is 1.49. The van der Waals surface area contributed by atoms with E-state index in [1.54, 1.807) is 0 Å². The van der Waals surface area contributed by atoms with Gasteiger partial charge in [-0.3, -0.25) is 4.79 Å². The molecular formula is C27H31N3O2. The van der Waals surface area contributed by atoms with Gasteiger partial charge in [-0.1, -0.05) is 42.0 Å². The minimum Gasteiger partial charge on any atom is -0.466 e. The summed E-state index contributed by atoms with van der Waals surface area (Å²) in [6, 6.07) is 15.0. The van der Waals surface area contributed by atoms with Crippen LogP contribution in [0.3, 0.4) is 0 Å². The fourth-order valence-electron chi connectivity index (χ4n) is 4.35. The standard InChI is InChI=1S/C27H31N3O2/c1-5-32-27(31)21-11-9-20(10-12-21)23-13-14-25-24(16-23)26(30-19(4)29-25)28-18(3)22-8-6-7-17(2)15-22/h6-9,13-16,18,21H,5,10-12H2,1-4H3,(H,28,29,30)/t18-,21?/m1/s1. The number of nitrogens with zero attached hydrogens (tertiary/aromatic N) is 2. The molecule has 3 aromatic rings. The number of benzene rings is 2. The molecule has 5 heteroatoms. The lowest BCUT2D eigenvalue weighted by Crippen LogP contribution is -2.19. The highest BCUT2D eigenvalue weighted by Crippen LogP contribution is 2.34. The zero-order valence-corrected chi connectivity index (χ0v) is 19.3. The number of esters is 1. The summed E-state index contributed by atoms with van der Waals surface area (Å²) < 4.78 is 5.19. The monoisotopic (exact) mass is 429 g/mol. The molecule has 1 N–H and O–H groups in total. The molecule has 0 spiro atoms. The second-order valence-electron chi connectivity index (χ2n) is 8.58. The largest absolute Gasteiger partial charge is 0.466 e. The van der Waals surface area contributed by atoms with Gasteiger partial charge in [0.25, 0.3) is 0 Å². The smallest absolute Gasteiger partial charge is 0.309 e. The highest BCUT2D eigenvalue weighted by atomic mass is 16.5. The average molecular weight is 430 g/mol. The van der Waals surface area contributed by atoms with Gasteiger partial charge in [-0.25, -0.2) is 9.97 Å². The summed E-state index contributed by atoms with van der Waals surface area (Å²) >= 11 is 0. The van der Waals surface area contributed by atoms with Gasteiger partial charge in [-0.2, -0.15) is 0 Å². The van der Waals surface area contributed by atoms with Crippen LogP contribution in [-0.4, -0.2) is 22.5 Å². The second-order valence-corrected chi connectivity index (χ2v) is 8.58. The quantitative estimate of drug-likeness (QED) is 0.475. The van der Waals surface area contributed by atoms with Gasteiger partial charge in [0.2, 0.25) is 0 Å². The van der Waals surface area contributed by atoms with E-state index in [0.717, 1.165) is 41.8 Å². The number of nitrogens with one attached hydrogen (secondary N) is 1. The van der Waals surface area contributed by atoms with Crippen molar-refractivity contribution in [2.45, 2.75) is 53.0 Å². The Balaban J connectivity index is 1.62. The minimum atomic E-state index is -0.0817. The van der Waals surface area contributed by atoms with Gasteiger partial charge >= 0.3 is 5.97 Å². The molecule has 2 atom stereocenters. The number of rotatable bonds is 6. The number of carbonyl (C=O) groups is 1. The van der Waals surface area contributed by atoms with Crippen LogP contribution in [0.4, 0.5) is 5.82 Å². The van der Waals surface area contributed by atoms with Crippen LogP contribution in [-0.2, 0) is 9.53 Å².